The van der Waals surface area contributed by atoms with E-state index in [4.69, 9.17) is 31.2 Å². The largest absolute Gasteiger partial charge is 0.490 e. The van der Waals surface area contributed by atoms with Crippen molar-refractivity contribution in [3.63, 3.8) is 0 Å². The number of carbonyl (C=O) groups is 3. The highest BCUT2D eigenvalue weighted by molar-refractivity contribution is 9.10. The number of hydrogen-bond donors (Lipinski definition) is 0. The number of hydrogen-bond acceptors (Lipinski definition) is 9. The number of carbonyl (C=O) groups excluding carboxylic acids is 3. The predicted molar refractivity (Wildman–Crippen MR) is 153 cm³/mol. The molecule has 1 aromatic carbocycles. The van der Waals surface area contributed by atoms with Crippen LogP contribution < -0.4 is 9.47 Å². The van der Waals surface area contributed by atoms with E-state index in [1.54, 1.807) is 28.9 Å². The van der Waals surface area contributed by atoms with Gasteiger partial charge in [-0.3, -0.25) is 19.3 Å². The summed E-state index contributed by atoms with van der Waals surface area (Å²) in [7, 11) is 0. The second-order valence-corrected chi connectivity index (χ2v) is 11.0. The van der Waals surface area contributed by atoms with Crippen molar-refractivity contribution in [3.8, 4) is 11.5 Å². The summed E-state index contributed by atoms with van der Waals surface area (Å²) in [6, 6.07) is 3.60. The lowest BCUT2D eigenvalue weighted by Gasteiger charge is -2.27. The number of amides is 2. The molecule has 0 atom stereocenters. The summed E-state index contributed by atoms with van der Waals surface area (Å²) in [6.07, 6.45) is 4.41. The molecule has 2 aliphatic rings. The van der Waals surface area contributed by atoms with Crippen LogP contribution in [-0.2, 0) is 23.9 Å². The summed E-state index contributed by atoms with van der Waals surface area (Å²) < 4.78 is 23.0. The van der Waals surface area contributed by atoms with Crippen LogP contribution in [0.5, 0.6) is 11.5 Å². The highest BCUT2D eigenvalue weighted by Gasteiger charge is 2.31. The fourth-order valence-corrected chi connectivity index (χ4v) is 5.79. The first kappa shape index (κ1) is 30.4. The number of halogens is 1. The van der Waals surface area contributed by atoms with E-state index >= 15 is 0 Å². The molecule has 9 nitrogen and oxygen atoms in total. The minimum atomic E-state index is -0.196. The maximum absolute atomic E-state index is 13.0. The van der Waals surface area contributed by atoms with Gasteiger partial charge in [0.1, 0.15) is 4.32 Å². The van der Waals surface area contributed by atoms with Gasteiger partial charge in [0.15, 0.2) is 18.1 Å². The fraction of sp³-hybridized carbons (Fsp3) is 0.538. The molecule has 0 aliphatic carbocycles. The van der Waals surface area contributed by atoms with Gasteiger partial charge in [-0.1, -0.05) is 30.4 Å². The van der Waals surface area contributed by atoms with E-state index in [1.807, 2.05) is 13.0 Å². The highest BCUT2D eigenvalue weighted by atomic mass is 79.9. The Morgan fingerprint density at radius 2 is 1.89 bits per heavy atom. The number of ether oxygens (including phenoxy) is 4. The van der Waals surface area contributed by atoms with Crippen LogP contribution in [0.1, 0.15) is 45.1 Å². The number of esters is 1. The SMILES string of the molecule is CCOC(=O)CCCCCN1C(=O)/C(=C\c2cc(Br)c(OCC(=O)N3CCOCC3)c(OCC)c2)SC1=S. The number of rotatable bonds is 13. The normalized spacial score (nSPS) is 16.8. The number of thioether (sulfide) groups is 1. The summed E-state index contributed by atoms with van der Waals surface area (Å²) in [5, 5.41) is 0. The second-order valence-electron chi connectivity index (χ2n) is 8.49. The third-order valence-corrected chi connectivity index (χ3v) is 7.74. The minimum Gasteiger partial charge on any atom is -0.490 e. The lowest BCUT2D eigenvalue weighted by atomic mass is 10.1. The Kier molecular flexibility index (Phi) is 12.4. The number of thiocarbonyl (C=S) groups is 1. The zero-order valence-corrected chi connectivity index (χ0v) is 24.9. The molecule has 0 unspecified atom stereocenters. The molecule has 0 spiro atoms. The van der Waals surface area contributed by atoms with Crippen molar-refractivity contribution in [2.45, 2.75) is 39.5 Å². The van der Waals surface area contributed by atoms with Gasteiger partial charge in [0.25, 0.3) is 11.8 Å². The smallest absolute Gasteiger partial charge is 0.305 e. The number of morpholine rings is 1. The quantitative estimate of drug-likeness (QED) is 0.136. The Labute approximate surface area is 241 Å². The number of unbranched alkanes of at least 4 members (excludes halogenated alkanes) is 2. The molecular formula is C26H33BrN2O7S2. The zero-order valence-electron chi connectivity index (χ0n) is 21.7. The van der Waals surface area contributed by atoms with Gasteiger partial charge in [0.05, 0.1) is 35.8 Å². The van der Waals surface area contributed by atoms with Gasteiger partial charge >= 0.3 is 5.97 Å². The first-order valence-corrected chi connectivity index (χ1v) is 14.7. The molecule has 38 heavy (non-hydrogen) atoms. The van der Waals surface area contributed by atoms with Crippen molar-refractivity contribution in [1.82, 2.24) is 9.80 Å². The Hall–Kier alpha value is -2.15. The van der Waals surface area contributed by atoms with Crippen molar-refractivity contribution < 1.29 is 33.3 Å². The van der Waals surface area contributed by atoms with Crippen molar-refractivity contribution >= 4 is 68.1 Å². The molecule has 208 valence electrons. The zero-order chi connectivity index (χ0) is 27.5. The summed E-state index contributed by atoms with van der Waals surface area (Å²) in [5.74, 6) is 0.451. The predicted octanol–water partition coefficient (Wildman–Crippen LogP) is 4.41. The fourth-order valence-electron chi connectivity index (χ4n) is 3.91. The van der Waals surface area contributed by atoms with Crippen LogP contribution in [0.4, 0.5) is 0 Å². The van der Waals surface area contributed by atoms with Crippen molar-refractivity contribution in [3.05, 3.63) is 27.1 Å². The molecule has 2 heterocycles. The van der Waals surface area contributed by atoms with Gasteiger partial charge in [0.2, 0.25) is 0 Å². The van der Waals surface area contributed by atoms with Crippen LogP contribution >= 0.6 is 39.9 Å². The van der Waals surface area contributed by atoms with E-state index in [0.29, 0.717) is 84.1 Å². The molecule has 0 saturated carbocycles. The first-order chi connectivity index (χ1) is 18.3. The average Bonchev–Trinajstić information content (AvgIpc) is 3.16. The third kappa shape index (κ3) is 8.69. The Balaban J connectivity index is 1.62. The molecule has 2 amide bonds. The Morgan fingerprint density at radius 1 is 1.13 bits per heavy atom. The van der Waals surface area contributed by atoms with Crippen molar-refractivity contribution in [2.24, 2.45) is 0 Å². The molecule has 0 aromatic heterocycles. The third-order valence-electron chi connectivity index (χ3n) is 5.77. The van der Waals surface area contributed by atoms with Crippen molar-refractivity contribution in [2.75, 3.05) is 52.7 Å². The topological polar surface area (TPSA) is 94.6 Å². The summed E-state index contributed by atoms with van der Waals surface area (Å²) >= 11 is 10.2. The molecule has 3 rings (SSSR count). The molecule has 0 radical (unpaired) electrons. The molecule has 1 aromatic rings. The standard InChI is InChI=1S/C26H33BrN2O7S2/c1-3-34-20-15-18(14-19(27)24(20)36-17-22(30)28-10-12-33-13-11-28)16-21-25(32)29(26(37)38-21)9-7-5-6-8-23(31)35-4-2/h14-16H,3-13,17H2,1-2H3/b21-16+. The van der Waals surface area contributed by atoms with E-state index in [9.17, 15) is 14.4 Å². The van der Waals surface area contributed by atoms with Gasteiger partial charge in [-0.15, -0.1) is 0 Å². The maximum Gasteiger partial charge on any atom is 0.305 e. The van der Waals surface area contributed by atoms with Crippen molar-refractivity contribution in [1.29, 1.82) is 0 Å². The molecule has 0 N–H and O–H groups in total. The number of nitrogens with zero attached hydrogens (tertiary/aromatic N) is 2. The van der Waals surface area contributed by atoms with Gasteiger partial charge in [-0.2, -0.15) is 0 Å². The van der Waals surface area contributed by atoms with Crippen LogP contribution in [0, 0.1) is 0 Å². The van der Waals surface area contributed by atoms with Crippen LogP contribution in [0.25, 0.3) is 6.08 Å². The van der Waals surface area contributed by atoms with E-state index in [1.165, 1.54) is 11.8 Å². The van der Waals surface area contributed by atoms with Gasteiger partial charge in [-0.05, 0) is 66.4 Å². The van der Waals surface area contributed by atoms with Gasteiger partial charge in [0, 0.05) is 26.1 Å². The molecule has 2 saturated heterocycles. The van der Waals surface area contributed by atoms with Crippen LogP contribution in [0.3, 0.4) is 0 Å². The minimum absolute atomic E-state index is 0.115. The van der Waals surface area contributed by atoms with Crippen LogP contribution in [-0.4, -0.2) is 84.6 Å². The molecule has 2 fully saturated rings. The Bertz CT molecular complexity index is 1060. The average molecular weight is 630 g/mol. The lowest BCUT2D eigenvalue weighted by molar-refractivity contribution is -0.143. The summed E-state index contributed by atoms with van der Waals surface area (Å²) in [6.45, 7) is 6.97. The maximum atomic E-state index is 13.0. The van der Waals surface area contributed by atoms with Crippen LogP contribution in [0.15, 0.2) is 21.5 Å². The second kappa shape index (κ2) is 15.4. The Morgan fingerprint density at radius 3 is 2.61 bits per heavy atom. The molecule has 2 aliphatic heterocycles. The van der Waals surface area contributed by atoms with E-state index in [0.717, 1.165) is 18.4 Å². The van der Waals surface area contributed by atoms with E-state index in [-0.39, 0.29) is 24.4 Å². The number of benzene rings is 1. The lowest BCUT2D eigenvalue weighted by Crippen LogP contribution is -2.43. The van der Waals surface area contributed by atoms with Gasteiger partial charge in [-0.25, -0.2) is 0 Å². The molecule has 0 bridgehead atoms. The van der Waals surface area contributed by atoms with E-state index < -0.39 is 0 Å². The first-order valence-electron chi connectivity index (χ1n) is 12.7. The summed E-state index contributed by atoms with van der Waals surface area (Å²) in [5.41, 5.74) is 0.738. The van der Waals surface area contributed by atoms with Crippen LogP contribution in [0.2, 0.25) is 0 Å². The molecular weight excluding hydrogens is 596 g/mol. The summed E-state index contributed by atoms with van der Waals surface area (Å²) in [4.78, 5) is 40.8. The van der Waals surface area contributed by atoms with E-state index in [2.05, 4.69) is 15.9 Å². The van der Waals surface area contributed by atoms with Gasteiger partial charge < -0.3 is 23.8 Å². The highest BCUT2D eigenvalue weighted by Crippen LogP contribution is 2.39. The molecule has 12 heteroatoms. The monoisotopic (exact) mass is 628 g/mol.